The number of nitrogens with one attached hydrogen (secondary N) is 1. The van der Waals surface area contributed by atoms with Crippen molar-refractivity contribution >= 4 is 11.6 Å². The number of nitrogens with zero attached hydrogens (tertiary/aromatic N) is 1. The van der Waals surface area contributed by atoms with Gasteiger partial charge in [-0.1, -0.05) is 17.7 Å². The number of aromatic nitrogens is 1. The molecule has 2 nitrogen and oxygen atoms in total. The fourth-order valence-corrected chi connectivity index (χ4v) is 2.96. The maximum Gasteiger partial charge on any atom is 0.129 e. The molecule has 3 rings (SSSR count). The first kappa shape index (κ1) is 8.69. The average Bonchev–Trinajstić information content (AvgIpc) is 2.80. The molecular weight excluding hydrogens is 196 g/mol. The fraction of sp³-hybridized carbons (Fsp3) is 0.545. The predicted octanol–water partition coefficient (Wildman–Crippen LogP) is 2.20. The number of piperidine rings is 1. The van der Waals surface area contributed by atoms with E-state index >= 15 is 0 Å². The van der Waals surface area contributed by atoms with Crippen LogP contribution in [0.3, 0.4) is 0 Å². The van der Waals surface area contributed by atoms with E-state index in [9.17, 15) is 0 Å². The zero-order valence-electron chi connectivity index (χ0n) is 7.91. The summed E-state index contributed by atoms with van der Waals surface area (Å²) in [6.45, 7) is 1.18. The van der Waals surface area contributed by atoms with Gasteiger partial charge in [0, 0.05) is 12.2 Å². The smallest absolute Gasteiger partial charge is 0.129 e. The van der Waals surface area contributed by atoms with Gasteiger partial charge in [0.05, 0.1) is 0 Å². The van der Waals surface area contributed by atoms with Crippen molar-refractivity contribution in [1.29, 1.82) is 0 Å². The number of pyridine rings is 1. The van der Waals surface area contributed by atoms with Crippen LogP contribution < -0.4 is 5.32 Å². The number of hydrogen-bond acceptors (Lipinski definition) is 2. The molecule has 2 heterocycles. The molecule has 2 aliphatic rings. The van der Waals surface area contributed by atoms with Crippen molar-refractivity contribution in [2.45, 2.75) is 24.8 Å². The lowest BCUT2D eigenvalue weighted by atomic mass is 9.89. The molecular formula is C11H13ClN2. The van der Waals surface area contributed by atoms with Crippen molar-refractivity contribution < 1.29 is 0 Å². The molecule has 0 amide bonds. The molecule has 3 heteroatoms. The van der Waals surface area contributed by atoms with Gasteiger partial charge in [0.2, 0.25) is 0 Å². The first-order valence-electron chi connectivity index (χ1n) is 5.18. The van der Waals surface area contributed by atoms with Crippen molar-refractivity contribution in [3.05, 3.63) is 29.0 Å². The zero-order valence-corrected chi connectivity index (χ0v) is 8.67. The highest BCUT2D eigenvalue weighted by molar-refractivity contribution is 6.29. The van der Waals surface area contributed by atoms with Gasteiger partial charge in [0.25, 0.3) is 0 Å². The van der Waals surface area contributed by atoms with Crippen LogP contribution in [-0.4, -0.2) is 17.6 Å². The molecule has 0 unspecified atom stereocenters. The van der Waals surface area contributed by atoms with Crippen molar-refractivity contribution in [1.82, 2.24) is 10.3 Å². The molecule has 2 bridgehead atoms. The maximum absolute atomic E-state index is 5.77. The van der Waals surface area contributed by atoms with Gasteiger partial charge in [0.15, 0.2) is 0 Å². The van der Waals surface area contributed by atoms with Crippen molar-refractivity contribution in [2.75, 3.05) is 6.54 Å². The molecule has 1 aromatic rings. The standard InChI is InChI=1S/C11H13ClN2/c12-11-2-1-7(5-14-11)10-4-9-3-8(10)6-13-9/h1-2,5,8-10,13H,3-4,6H2/t8-,9-,10-/m1/s1. The Bertz CT molecular complexity index is 336. The van der Waals surface area contributed by atoms with E-state index in [2.05, 4.69) is 16.4 Å². The lowest BCUT2D eigenvalue weighted by Gasteiger charge is -2.22. The van der Waals surface area contributed by atoms with Gasteiger partial charge in [-0.25, -0.2) is 4.98 Å². The quantitative estimate of drug-likeness (QED) is 0.716. The van der Waals surface area contributed by atoms with Gasteiger partial charge in [-0.15, -0.1) is 0 Å². The number of hydrogen-bond donors (Lipinski definition) is 1. The van der Waals surface area contributed by atoms with Gasteiger partial charge >= 0.3 is 0 Å². The van der Waals surface area contributed by atoms with Crippen molar-refractivity contribution in [3.63, 3.8) is 0 Å². The molecule has 14 heavy (non-hydrogen) atoms. The maximum atomic E-state index is 5.77. The second-order valence-corrected chi connectivity index (χ2v) is 4.74. The molecule has 74 valence electrons. The Kier molecular flexibility index (Phi) is 1.99. The largest absolute Gasteiger partial charge is 0.314 e. The minimum Gasteiger partial charge on any atom is -0.314 e. The van der Waals surface area contributed by atoms with Crippen LogP contribution in [0.2, 0.25) is 5.15 Å². The van der Waals surface area contributed by atoms with E-state index in [1.807, 2.05) is 12.3 Å². The van der Waals surface area contributed by atoms with Crippen LogP contribution in [0.5, 0.6) is 0 Å². The van der Waals surface area contributed by atoms with E-state index in [4.69, 9.17) is 11.6 Å². The molecule has 1 N–H and O–H groups in total. The molecule has 3 atom stereocenters. The van der Waals surface area contributed by atoms with Crippen molar-refractivity contribution in [2.24, 2.45) is 5.92 Å². The molecule has 2 fully saturated rings. The summed E-state index contributed by atoms with van der Waals surface area (Å²) in [6.07, 6.45) is 4.55. The average molecular weight is 209 g/mol. The number of fused-ring (bicyclic) bond motifs is 2. The zero-order chi connectivity index (χ0) is 9.54. The third-order valence-corrected chi connectivity index (χ3v) is 3.77. The van der Waals surface area contributed by atoms with Gasteiger partial charge in [-0.3, -0.25) is 0 Å². The van der Waals surface area contributed by atoms with E-state index in [1.165, 1.54) is 24.9 Å². The highest BCUT2D eigenvalue weighted by Gasteiger charge is 2.39. The Morgan fingerprint density at radius 2 is 2.29 bits per heavy atom. The van der Waals surface area contributed by atoms with Gasteiger partial charge < -0.3 is 5.32 Å². The third kappa shape index (κ3) is 1.33. The van der Waals surface area contributed by atoms with Crippen LogP contribution in [0.1, 0.15) is 24.3 Å². The second kappa shape index (κ2) is 3.21. The van der Waals surface area contributed by atoms with Crippen LogP contribution in [0.4, 0.5) is 0 Å². The summed E-state index contributed by atoms with van der Waals surface area (Å²) < 4.78 is 0. The Morgan fingerprint density at radius 3 is 2.86 bits per heavy atom. The van der Waals surface area contributed by atoms with Crippen LogP contribution in [0, 0.1) is 5.92 Å². The Labute approximate surface area is 88.7 Å². The van der Waals surface area contributed by atoms with E-state index in [1.54, 1.807) is 0 Å². The fourth-order valence-electron chi connectivity index (χ4n) is 2.85. The molecule has 0 radical (unpaired) electrons. The second-order valence-electron chi connectivity index (χ2n) is 4.36. The number of rotatable bonds is 1. The molecule has 1 aliphatic carbocycles. The van der Waals surface area contributed by atoms with Crippen LogP contribution in [-0.2, 0) is 0 Å². The highest BCUT2D eigenvalue weighted by atomic mass is 35.5. The van der Waals surface area contributed by atoms with Crippen LogP contribution in [0.25, 0.3) is 0 Å². The van der Waals surface area contributed by atoms with Gasteiger partial charge in [-0.05, 0) is 42.9 Å². The topological polar surface area (TPSA) is 24.9 Å². The molecule has 1 aliphatic heterocycles. The molecule has 0 aromatic carbocycles. The third-order valence-electron chi connectivity index (χ3n) is 3.54. The lowest BCUT2D eigenvalue weighted by Crippen LogP contribution is -2.28. The SMILES string of the molecule is Clc1ccc([C@H]2C[C@H]3C[C@@H]2CN3)cn1. The lowest BCUT2D eigenvalue weighted by molar-refractivity contribution is 0.440. The first-order chi connectivity index (χ1) is 6.83. The molecule has 1 saturated heterocycles. The Hall–Kier alpha value is -0.600. The van der Waals surface area contributed by atoms with Crippen LogP contribution in [0.15, 0.2) is 18.3 Å². The molecule has 1 aromatic heterocycles. The normalized spacial score (nSPS) is 35.1. The van der Waals surface area contributed by atoms with E-state index < -0.39 is 0 Å². The van der Waals surface area contributed by atoms with E-state index in [-0.39, 0.29) is 0 Å². The van der Waals surface area contributed by atoms with Crippen LogP contribution >= 0.6 is 11.6 Å². The summed E-state index contributed by atoms with van der Waals surface area (Å²) in [5.41, 5.74) is 1.36. The minimum atomic E-state index is 0.593. The van der Waals surface area contributed by atoms with Crippen molar-refractivity contribution in [3.8, 4) is 0 Å². The first-order valence-corrected chi connectivity index (χ1v) is 5.55. The van der Waals surface area contributed by atoms with Gasteiger partial charge in [0.1, 0.15) is 5.15 Å². The number of halogens is 1. The summed E-state index contributed by atoms with van der Waals surface area (Å²) in [5, 5.41) is 4.11. The highest BCUT2D eigenvalue weighted by Crippen LogP contribution is 2.42. The summed E-state index contributed by atoms with van der Waals surface area (Å²) in [4.78, 5) is 4.15. The molecule has 1 saturated carbocycles. The minimum absolute atomic E-state index is 0.593. The van der Waals surface area contributed by atoms with E-state index in [0.29, 0.717) is 11.1 Å². The van der Waals surface area contributed by atoms with Gasteiger partial charge in [-0.2, -0.15) is 0 Å². The summed E-state index contributed by atoms with van der Waals surface area (Å²) in [6, 6.07) is 4.78. The Morgan fingerprint density at radius 1 is 1.36 bits per heavy atom. The summed E-state index contributed by atoms with van der Waals surface area (Å²) in [5.74, 6) is 1.54. The Balaban J connectivity index is 1.86. The molecule has 0 spiro atoms. The monoisotopic (exact) mass is 208 g/mol. The summed E-state index contributed by atoms with van der Waals surface area (Å²) >= 11 is 5.77. The van der Waals surface area contributed by atoms with E-state index in [0.717, 1.165) is 12.0 Å². The summed E-state index contributed by atoms with van der Waals surface area (Å²) in [7, 11) is 0. The predicted molar refractivity (Wildman–Crippen MR) is 56.5 cm³/mol.